The number of hydrogen-bond donors (Lipinski definition) is 1. The number of carbonyl (C=O) groups is 3. The molecule has 27 heavy (non-hydrogen) atoms. The smallest absolute Gasteiger partial charge is 0.344 e. The third-order valence-corrected chi connectivity index (χ3v) is 4.77. The summed E-state index contributed by atoms with van der Waals surface area (Å²) >= 11 is 0.864. The number of imide groups is 1. The van der Waals surface area contributed by atoms with Crippen LogP contribution in [0.15, 0.2) is 53.4 Å². The summed E-state index contributed by atoms with van der Waals surface area (Å²) < 4.78 is 5.33. The molecular weight excluding hydrogens is 366 g/mol. The molecule has 1 heterocycles. The van der Waals surface area contributed by atoms with Crippen LogP contribution in [-0.2, 0) is 9.59 Å². The fourth-order valence-corrected chi connectivity index (χ4v) is 3.31. The zero-order valence-corrected chi connectivity index (χ0v) is 15.5. The van der Waals surface area contributed by atoms with E-state index >= 15 is 0 Å². The first-order valence-corrected chi connectivity index (χ1v) is 9.01. The monoisotopic (exact) mass is 383 g/mol. The Labute approximate surface area is 160 Å². The number of carbonyl (C=O) groups excluding carboxylic acids is 2. The highest BCUT2D eigenvalue weighted by atomic mass is 32.2. The van der Waals surface area contributed by atoms with Gasteiger partial charge in [-0.05, 0) is 61.5 Å². The van der Waals surface area contributed by atoms with Crippen LogP contribution < -0.4 is 9.64 Å². The molecule has 0 radical (unpaired) electrons. The quantitative estimate of drug-likeness (QED) is 0.783. The summed E-state index contributed by atoms with van der Waals surface area (Å²) in [5.41, 5.74) is 2.20. The average molecular weight is 383 g/mol. The van der Waals surface area contributed by atoms with Crippen molar-refractivity contribution in [3.8, 4) is 5.75 Å². The summed E-state index contributed by atoms with van der Waals surface area (Å²) in [6.45, 7) is 3.36. The normalized spacial score (nSPS) is 16.7. The van der Waals surface area contributed by atoms with E-state index in [0.29, 0.717) is 21.9 Å². The standard InChI is InChI=1S/C20H17NO5S/c1-12-6-8-15(9-7-12)21-18(22)17(27-20(21)25)11-14-4-3-5-16(10-14)26-13(2)19(23)24/h3-11,13H,1-2H3,(H,23,24)/b17-11+. The van der Waals surface area contributed by atoms with Gasteiger partial charge in [0.15, 0.2) is 6.10 Å². The number of aliphatic carboxylic acids is 1. The lowest BCUT2D eigenvalue weighted by Crippen LogP contribution is -2.27. The van der Waals surface area contributed by atoms with Crippen molar-refractivity contribution in [3.05, 3.63) is 64.6 Å². The fraction of sp³-hybridized carbons (Fsp3) is 0.150. The van der Waals surface area contributed by atoms with Gasteiger partial charge in [-0.15, -0.1) is 0 Å². The Hall–Kier alpha value is -3.06. The molecule has 0 spiro atoms. The van der Waals surface area contributed by atoms with Crippen molar-refractivity contribution < 1.29 is 24.2 Å². The van der Waals surface area contributed by atoms with Gasteiger partial charge in [0, 0.05) is 0 Å². The van der Waals surface area contributed by atoms with Gasteiger partial charge in [0.1, 0.15) is 5.75 Å². The van der Waals surface area contributed by atoms with Crippen LogP contribution in [0.25, 0.3) is 6.08 Å². The fourth-order valence-electron chi connectivity index (χ4n) is 2.47. The molecule has 1 saturated heterocycles. The largest absolute Gasteiger partial charge is 0.479 e. The number of ether oxygens (including phenoxy) is 1. The molecule has 3 rings (SSSR count). The first-order chi connectivity index (χ1) is 12.8. The first-order valence-electron chi connectivity index (χ1n) is 8.19. The SMILES string of the molecule is Cc1ccc(N2C(=O)S/C(=C/c3cccc(OC(C)C(=O)O)c3)C2=O)cc1. The number of hydrogen-bond acceptors (Lipinski definition) is 5. The number of nitrogens with zero attached hydrogens (tertiary/aromatic N) is 1. The molecule has 1 atom stereocenters. The molecule has 6 nitrogen and oxygen atoms in total. The van der Waals surface area contributed by atoms with Crippen LogP contribution >= 0.6 is 11.8 Å². The van der Waals surface area contributed by atoms with E-state index in [1.165, 1.54) is 6.92 Å². The van der Waals surface area contributed by atoms with Gasteiger partial charge in [-0.2, -0.15) is 0 Å². The minimum absolute atomic E-state index is 0.295. The third kappa shape index (κ3) is 4.20. The third-order valence-electron chi connectivity index (χ3n) is 3.90. The lowest BCUT2D eigenvalue weighted by atomic mass is 10.2. The molecule has 0 aliphatic carbocycles. The van der Waals surface area contributed by atoms with E-state index in [-0.39, 0.29) is 11.1 Å². The van der Waals surface area contributed by atoms with E-state index in [4.69, 9.17) is 9.84 Å². The van der Waals surface area contributed by atoms with E-state index in [1.54, 1.807) is 42.5 Å². The summed E-state index contributed by atoms with van der Waals surface area (Å²) in [7, 11) is 0. The topological polar surface area (TPSA) is 83.9 Å². The maximum atomic E-state index is 12.7. The van der Waals surface area contributed by atoms with Gasteiger partial charge in [-0.25, -0.2) is 9.69 Å². The summed E-state index contributed by atoms with van der Waals surface area (Å²) in [6.07, 6.45) is 0.603. The highest BCUT2D eigenvalue weighted by molar-refractivity contribution is 8.19. The summed E-state index contributed by atoms with van der Waals surface area (Å²) in [4.78, 5) is 37.3. The number of amides is 2. The Morgan fingerprint density at radius 1 is 1.19 bits per heavy atom. The zero-order chi connectivity index (χ0) is 19.6. The van der Waals surface area contributed by atoms with E-state index in [1.807, 2.05) is 19.1 Å². The lowest BCUT2D eigenvalue weighted by molar-refractivity contribution is -0.144. The van der Waals surface area contributed by atoms with Gasteiger partial charge >= 0.3 is 5.97 Å². The first kappa shape index (κ1) is 18.7. The molecule has 1 unspecified atom stereocenters. The van der Waals surface area contributed by atoms with Crippen LogP contribution in [0.3, 0.4) is 0 Å². The highest BCUT2D eigenvalue weighted by Crippen LogP contribution is 2.36. The number of anilines is 1. The highest BCUT2D eigenvalue weighted by Gasteiger charge is 2.36. The van der Waals surface area contributed by atoms with Gasteiger partial charge in [0.25, 0.3) is 11.1 Å². The second-order valence-electron chi connectivity index (χ2n) is 6.02. The number of thioether (sulfide) groups is 1. The van der Waals surface area contributed by atoms with Crippen molar-refractivity contribution >= 4 is 40.6 Å². The maximum absolute atomic E-state index is 12.7. The molecule has 1 aliphatic rings. The summed E-state index contributed by atoms with van der Waals surface area (Å²) in [5.74, 6) is -1.09. The van der Waals surface area contributed by atoms with Crippen molar-refractivity contribution in [2.75, 3.05) is 4.90 Å². The summed E-state index contributed by atoms with van der Waals surface area (Å²) in [5, 5.41) is 8.57. The number of carboxylic acid groups (broad SMARTS) is 1. The van der Waals surface area contributed by atoms with E-state index < -0.39 is 12.1 Å². The second kappa shape index (κ2) is 7.67. The Bertz CT molecular complexity index is 936. The van der Waals surface area contributed by atoms with Gasteiger partial charge in [0.2, 0.25) is 0 Å². The van der Waals surface area contributed by atoms with E-state index in [9.17, 15) is 14.4 Å². The van der Waals surface area contributed by atoms with Gasteiger partial charge < -0.3 is 9.84 Å². The van der Waals surface area contributed by atoms with Crippen molar-refractivity contribution in [2.24, 2.45) is 0 Å². The molecule has 0 saturated carbocycles. The molecule has 0 aromatic heterocycles. The van der Waals surface area contributed by atoms with E-state index in [2.05, 4.69) is 0 Å². The van der Waals surface area contributed by atoms with Gasteiger partial charge in [-0.3, -0.25) is 9.59 Å². The molecule has 2 aromatic carbocycles. The van der Waals surface area contributed by atoms with Gasteiger partial charge in [0.05, 0.1) is 10.6 Å². The molecule has 0 bridgehead atoms. The van der Waals surface area contributed by atoms with Crippen LogP contribution in [0.4, 0.5) is 10.5 Å². The molecule has 1 fully saturated rings. The lowest BCUT2D eigenvalue weighted by Gasteiger charge is -2.12. The minimum Gasteiger partial charge on any atom is -0.479 e. The molecule has 2 amide bonds. The minimum atomic E-state index is -1.07. The summed E-state index contributed by atoms with van der Waals surface area (Å²) in [6, 6.07) is 13.8. The molecule has 138 valence electrons. The van der Waals surface area contributed by atoms with Crippen LogP contribution in [0, 0.1) is 6.92 Å². The number of rotatable bonds is 5. The zero-order valence-electron chi connectivity index (χ0n) is 14.7. The van der Waals surface area contributed by atoms with Crippen LogP contribution in [0.5, 0.6) is 5.75 Å². The Morgan fingerprint density at radius 3 is 2.56 bits per heavy atom. The number of carboxylic acids is 1. The predicted molar refractivity (Wildman–Crippen MR) is 104 cm³/mol. The van der Waals surface area contributed by atoms with E-state index in [0.717, 1.165) is 22.2 Å². The Kier molecular flexibility index (Phi) is 5.32. The Morgan fingerprint density at radius 2 is 1.89 bits per heavy atom. The maximum Gasteiger partial charge on any atom is 0.344 e. The number of benzene rings is 2. The average Bonchev–Trinajstić information content (AvgIpc) is 2.90. The van der Waals surface area contributed by atoms with Crippen molar-refractivity contribution in [1.29, 1.82) is 0 Å². The Balaban J connectivity index is 1.83. The van der Waals surface area contributed by atoms with Crippen molar-refractivity contribution in [2.45, 2.75) is 20.0 Å². The molecule has 1 N–H and O–H groups in total. The molecule has 7 heteroatoms. The van der Waals surface area contributed by atoms with Crippen LogP contribution in [0.2, 0.25) is 0 Å². The van der Waals surface area contributed by atoms with Gasteiger partial charge in [-0.1, -0.05) is 29.8 Å². The molecule has 1 aliphatic heterocycles. The van der Waals surface area contributed by atoms with Crippen molar-refractivity contribution in [1.82, 2.24) is 0 Å². The molecular formula is C20H17NO5S. The number of aryl methyl sites for hydroxylation is 1. The van der Waals surface area contributed by atoms with Crippen LogP contribution in [0.1, 0.15) is 18.1 Å². The van der Waals surface area contributed by atoms with Crippen LogP contribution in [-0.4, -0.2) is 28.3 Å². The second-order valence-corrected chi connectivity index (χ2v) is 7.02. The molecule has 2 aromatic rings. The van der Waals surface area contributed by atoms with Crippen molar-refractivity contribution in [3.63, 3.8) is 0 Å². The predicted octanol–water partition coefficient (Wildman–Crippen LogP) is 4.09.